The van der Waals surface area contributed by atoms with Crippen LogP contribution in [-0.4, -0.2) is 40.3 Å². The monoisotopic (exact) mass is 432 g/mol. The van der Waals surface area contributed by atoms with Crippen molar-refractivity contribution in [2.75, 3.05) is 25.9 Å². The number of thiophene rings is 1. The van der Waals surface area contributed by atoms with Crippen LogP contribution in [0.4, 0.5) is 0 Å². The molecule has 0 radical (unpaired) electrons. The maximum Gasteiger partial charge on any atom is 0.211 e. The third kappa shape index (κ3) is 8.02. The third-order valence-electron chi connectivity index (χ3n) is 2.35. The van der Waals surface area contributed by atoms with E-state index in [1.54, 1.807) is 25.3 Å². The molecule has 0 aliphatic heterocycles. The van der Waals surface area contributed by atoms with Crippen molar-refractivity contribution in [3.8, 4) is 0 Å². The molecule has 0 spiro atoms. The molecule has 0 unspecified atom stereocenters. The summed E-state index contributed by atoms with van der Waals surface area (Å²) >= 11 is 1.67. The Morgan fingerprint density at radius 2 is 2.10 bits per heavy atom. The fourth-order valence-electron chi connectivity index (χ4n) is 1.29. The number of nitrogens with zero attached hydrogens (tertiary/aromatic N) is 1. The highest BCUT2D eigenvalue weighted by Crippen LogP contribution is 2.06. The van der Waals surface area contributed by atoms with Crippen molar-refractivity contribution < 1.29 is 8.42 Å². The summed E-state index contributed by atoms with van der Waals surface area (Å²) in [4.78, 5) is 5.28. The molecule has 1 aromatic rings. The molecule has 6 nitrogen and oxygen atoms in total. The first-order valence-corrected chi connectivity index (χ1v) is 8.55. The Morgan fingerprint density at radius 3 is 2.65 bits per heavy atom. The minimum Gasteiger partial charge on any atom is -0.355 e. The lowest BCUT2D eigenvalue weighted by Crippen LogP contribution is -2.41. The van der Waals surface area contributed by atoms with E-state index in [9.17, 15) is 8.42 Å². The molecule has 3 N–H and O–H groups in total. The van der Waals surface area contributed by atoms with E-state index in [2.05, 4.69) is 20.3 Å². The Kier molecular flexibility index (Phi) is 10.2. The van der Waals surface area contributed by atoms with E-state index in [1.807, 2.05) is 17.5 Å². The second kappa shape index (κ2) is 10.4. The summed E-state index contributed by atoms with van der Waals surface area (Å²) in [6.07, 6.45) is 0. The van der Waals surface area contributed by atoms with Gasteiger partial charge in [-0.05, 0) is 18.4 Å². The highest BCUT2D eigenvalue weighted by Gasteiger charge is 2.05. The maximum absolute atomic E-state index is 11.2. The number of rotatable bonds is 7. The number of hydrogen-bond donors (Lipinski definition) is 3. The van der Waals surface area contributed by atoms with Crippen molar-refractivity contribution in [2.24, 2.45) is 4.99 Å². The zero-order chi connectivity index (χ0) is 14.1. The van der Waals surface area contributed by atoms with Crippen molar-refractivity contribution >= 4 is 51.3 Å². The van der Waals surface area contributed by atoms with Gasteiger partial charge in [-0.1, -0.05) is 6.07 Å². The molecule has 0 aromatic carbocycles. The molecule has 0 bridgehead atoms. The molecule has 0 fully saturated rings. The Morgan fingerprint density at radius 1 is 1.35 bits per heavy atom. The van der Waals surface area contributed by atoms with Crippen LogP contribution in [0.1, 0.15) is 11.8 Å². The molecular formula is C11H21IN4O2S2. The first kappa shape index (κ1) is 19.6. The molecule has 20 heavy (non-hydrogen) atoms. The van der Waals surface area contributed by atoms with E-state index in [0.717, 1.165) is 0 Å². The normalized spacial score (nSPS) is 11.8. The third-order valence-corrected chi connectivity index (χ3v) is 4.63. The molecule has 1 rings (SSSR count). The second-order valence-corrected chi connectivity index (χ2v) is 6.86. The van der Waals surface area contributed by atoms with Gasteiger partial charge < -0.3 is 10.6 Å². The van der Waals surface area contributed by atoms with Crippen molar-refractivity contribution in [2.45, 2.75) is 13.5 Å². The number of guanidine groups is 1. The van der Waals surface area contributed by atoms with Gasteiger partial charge in [0.15, 0.2) is 5.96 Å². The van der Waals surface area contributed by atoms with Crippen LogP contribution in [0.3, 0.4) is 0 Å². The van der Waals surface area contributed by atoms with E-state index in [4.69, 9.17) is 0 Å². The van der Waals surface area contributed by atoms with Gasteiger partial charge in [-0.25, -0.2) is 13.1 Å². The van der Waals surface area contributed by atoms with Crippen molar-refractivity contribution in [1.29, 1.82) is 0 Å². The van der Waals surface area contributed by atoms with Gasteiger partial charge in [0.05, 0.1) is 12.3 Å². The van der Waals surface area contributed by atoms with Gasteiger partial charge in [0.2, 0.25) is 10.0 Å². The van der Waals surface area contributed by atoms with Crippen LogP contribution < -0.4 is 15.4 Å². The van der Waals surface area contributed by atoms with Gasteiger partial charge in [-0.15, -0.1) is 35.3 Å². The lowest BCUT2D eigenvalue weighted by molar-refractivity contribution is 0.582. The molecular weight excluding hydrogens is 411 g/mol. The molecule has 0 atom stereocenters. The van der Waals surface area contributed by atoms with Crippen LogP contribution in [0.15, 0.2) is 22.5 Å². The van der Waals surface area contributed by atoms with Gasteiger partial charge >= 0.3 is 0 Å². The molecule has 1 heterocycles. The average molecular weight is 432 g/mol. The van der Waals surface area contributed by atoms with Crippen molar-refractivity contribution in [3.05, 3.63) is 22.4 Å². The summed E-state index contributed by atoms with van der Waals surface area (Å²) in [5, 5.41) is 8.22. The highest BCUT2D eigenvalue weighted by molar-refractivity contribution is 14.0. The molecule has 0 aliphatic carbocycles. The number of sulfonamides is 1. The zero-order valence-electron chi connectivity index (χ0n) is 11.5. The van der Waals surface area contributed by atoms with Crippen LogP contribution in [-0.2, 0) is 16.6 Å². The minimum absolute atomic E-state index is 0. The second-order valence-electron chi connectivity index (χ2n) is 3.73. The van der Waals surface area contributed by atoms with Crippen LogP contribution in [0.5, 0.6) is 0 Å². The van der Waals surface area contributed by atoms with Gasteiger partial charge in [0.25, 0.3) is 0 Å². The topological polar surface area (TPSA) is 82.6 Å². The van der Waals surface area contributed by atoms with Gasteiger partial charge in [-0.3, -0.25) is 4.99 Å². The SMILES string of the molecule is CCS(=O)(=O)NCCNC(=NC)NCc1cccs1.I. The summed E-state index contributed by atoms with van der Waals surface area (Å²) < 4.78 is 24.9. The van der Waals surface area contributed by atoms with Gasteiger partial charge in [0, 0.05) is 25.0 Å². The lowest BCUT2D eigenvalue weighted by Gasteiger charge is -2.11. The quantitative estimate of drug-likeness (QED) is 0.260. The Hall–Kier alpha value is -0.390. The smallest absolute Gasteiger partial charge is 0.211 e. The average Bonchev–Trinajstić information content (AvgIpc) is 2.91. The van der Waals surface area contributed by atoms with Crippen molar-refractivity contribution in [3.63, 3.8) is 0 Å². The summed E-state index contributed by atoms with van der Waals surface area (Å²) in [5.41, 5.74) is 0. The van der Waals surface area contributed by atoms with E-state index >= 15 is 0 Å². The summed E-state index contributed by atoms with van der Waals surface area (Å²) in [6, 6.07) is 4.04. The standard InChI is InChI=1S/C11H20N4O2S2.HI/c1-3-19(16,17)15-7-6-13-11(12-2)14-9-10-5-4-8-18-10;/h4-5,8,15H,3,6-7,9H2,1-2H3,(H2,12,13,14);1H. The molecule has 116 valence electrons. The number of nitrogens with one attached hydrogen (secondary N) is 3. The Labute approximate surface area is 141 Å². The lowest BCUT2D eigenvalue weighted by atomic mass is 10.5. The van der Waals surface area contributed by atoms with E-state index in [-0.39, 0.29) is 29.7 Å². The van der Waals surface area contributed by atoms with E-state index in [1.165, 1.54) is 4.88 Å². The molecule has 9 heteroatoms. The molecule has 1 aromatic heterocycles. The summed E-state index contributed by atoms with van der Waals surface area (Å²) in [6.45, 7) is 3.15. The predicted molar refractivity (Wildman–Crippen MR) is 95.4 cm³/mol. The number of halogens is 1. The van der Waals surface area contributed by atoms with Gasteiger partial charge in [0.1, 0.15) is 0 Å². The van der Waals surface area contributed by atoms with Crippen LogP contribution in [0, 0.1) is 0 Å². The Bertz CT molecular complexity index is 489. The molecule has 0 saturated heterocycles. The van der Waals surface area contributed by atoms with Gasteiger partial charge in [-0.2, -0.15) is 0 Å². The summed E-state index contributed by atoms with van der Waals surface area (Å²) in [7, 11) is -1.44. The first-order valence-electron chi connectivity index (χ1n) is 6.01. The van der Waals surface area contributed by atoms with Crippen LogP contribution in [0.25, 0.3) is 0 Å². The molecule has 0 amide bonds. The van der Waals surface area contributed by atoms with Crippen LogP contribution in [0.2, 0.25) is 0 Å². The predicted octanol–water partition coefficient (Wildman–Crippen LogP) is 0.970. The fraction of sp³-hybridized carbons (Fsp3) is 0.545. The molecule has 0 aliphatic rings. The largest absolute Gasteiger partial charge is 0.355 e. The minimum atomic E-state index is -3.12. The van der Waals surface area contributed by atoms with Crippen LogP contribution >= 0.6 is 35.3 Å². The fourth-order valence-corrected chi connectivity index (χ4v) is 2.56. The first-order chi connectivity index (χ1) is 9.07. The Balaban J connectivity index is 0.00000361. The molecule has 0 saturated carbocycles. The highest BCUT2D eigenvalue weighted by atomic mass is 127. The van der Waals surface area contributed by atoms with E-state index in [0.29, 0.717) is 25.6 Å². The summed E-state index contributed by atoms with van der Waals surface area (Å²) in [5.74, 6) is 0.752. The number of aliphatic imine (C=N–C) groups is 1. The zero-order valence-corrected chi connectivity index (χ0v) is 15.5. The van der Waals surface area contributed by atoms with E-state index < -0.39 is 10.0 Å². The maximum atomic E-state index is 11.2. The van der Waals surface area contributed by atoms with Crippen molar-refractivity contribution in [1.82, 2.24) is 15.4 Å². The number of hydrogen-bond acceptors (Lipinski definition) is 4.